The highest BCUT2D eigenvalue weighted by Crippen LogP contribution is 2.48. The van der Waals surface area contributed by atoms with Gasteiger partial charge in [0.1, 0.15) is 23.7 Å². The number of aromatic nitrogens is 1. The number of aryl methyl sites for hydroxylation is 1. The number of rotatable bonds is 9. The van der Waals surface area contributed by atoms with E-state index in [2.05, 4.69) is 20.3 Å². The van der Waals surface area contributed by atoms with Crippen LogP contribution in [0.25, 0.3) is 10.8 Å². The molecule has 16 nitrogen and oxygen atoms in total. The first-order valence-electron chi connectivity index (χ1n) is 21.1. The third-order valence-electron chi connectivity index (χ3n) is 12.7. The molecule has 21 heteroatoms. The van der Waals surface area contributed by atoms with E-state index in [4.69, 9.17) is 23.7 Å². The molecule has 1 aromatic heterocycles. The highest BCUT2D eigenvalue weighted by atomic mass is 32.2. The van der Waals surface area contributed by atoms with Crippen molar-refractivity contribution in [3.05, 3.63) is 35.7 Å². The van der Waals surface area contributed by atoms with Crippen LogP contribution in [0.4, 0.5) is 22.4 Å². The number of nitrogens with zero attached hydrogens (tertiary/aromatic N) is 2. The molecule has 7 atom stereocenters. The fourth-order valence-electron chi connectivity index (χ4n) is 8.25. The van der Waals surface area contributed by atoms with Crippen LogP contribution in [0.3, 0.4) is 0 Å². The number of amides is 4. The lowest BCUT2D eigenvalue weighted by molar-refractivity contribution is -0.244. The van der Waals surface area contributed by atoms with E-state index >= 15 is 4.39 Å². The van der Waals surface area contributed by atoms with Crippen LogP contribution in [0.5, 0.6) is 17.5 Å². The van der Waals surface area contributed by atoms with Crippen molar-refractivity contribution in [3.8, 4) is 17.5 Å². The molecule has 0 unspecified atom stereocenters. The van der Waals surface area contributed by atoms with Gasteiger partial charge in [0, 0.05) is 23.3 Å². The molecule has 346 valence electrons. The molecule has 0 radical (unpaired) electrons. The molecule has 4 amide bonds. The van der Waals surface area contributed by atoms with Crippen LogP contribution in [0.1, 0.15) is 91.5 Å². The summed E-state index contributed by atoms with van der Waals surface area (Å²) in [5.41, 5.74) is -4.00. The van der Waals surface area contributed by atoms with Crippen LogP contribution in [-0.4, -0.2) is 115 Å². The molecule has 4 heterocycles. The average Bonchev–Trinajstić information content (AvgIpc) is 4.09. The van der Waals surface area contributed by atoms with Crippen LogP contribution in [0.2, 0.25) is 0 Å². The second-order valence-electron chi connectivity index (χ2n) is 17.7. The van der Waals surface area contributed by atoms with E-state index in [1.54, 1.807) is 26.0 Å². The Kier molecular flexibility index (Phi) is 12.4. The number of pyridine rings is 1. The minimum atomic E-state index is -4.98. The zero-order chi connectivity index (χ0) is 45.9. The zero-order valence-corrected chi connectivity index (χ0v) is 36.7. The summed E-state index contributed by atoms with van der Waals surface area (Å²) in [4.78, 5) is 62.6. The van der Waals surface area contributed by atoms with Crippen molar-refractivity contribution in [1.82, 2.24) is 25.2 Å². The number of carbonyl (C=O) groups excluding carboxylic acids is 4. The van der Waals surface area contributed by atoms with E-state index in [0.717, 1.165) is 4.90 Å². The smallest absolute Gasteiger partial charge is 0.427 e. The van der Waals surface area contributed by atoms with Gasteiger partial charge in [0.2, 0.25) is 39.2 Å². The van der Waals surface area contributed by atoms with Gasteiger partial charge >= 0.3 is 12.3 Å². The van der Waals surface area contributed by atoms with Crippen LogP contribution >= 0.6 is 0 Å². The van der Waals surface area contributed by atoms with E-state index in [-0.39, 0.29) is 48.7 Å². The average molecular weight is 912 g/mol. The zero-order valence-electron chi connectivity index (χ0n) is 35.9. The Labute approximate surface area is 362 Å². The van der Waals surface area contributed by atoms with E-state index in [1.807, 2.05) is 0 Å². The summed E-state index contributed by atoms with van der Waals surface area (Å²) < 4.78 is 113. The molecule has 7 rings (SSSR count). The van der Waals surface area contributed by atoms with Gasteiger partial charge in [0.25, 0.3) is 5.91 Å². The van der Waals surface area contributed by atoms with Crippen molar-refractivity contribution >= 4 is 44.6 Å². The van der Waals surface area contributed by atoms with Gasteiger partial charge in [0.15, 0.2) is 11.6 Å². The highest BCUT2D eigenvalue weighted by molar-refractivity contribution is 7.91. The Morgan fingerprint density at radius 1 is 1.14 bits per heavy atom. The lowest BCUT2D eigenvalue weighted by Crippen LogP contribution is -2.61. The van der Waals surface area contributed by atoms with Gasteiger partial charge < -0.3 is 39.2 Å². The van der Waals surface area contributed by atoms with Crippen molar-refractivity contribution in [3.63, 3.8) is 0 Å². The first-order chi connectivity index (χ1) is 29.5. The van der Waals surface area contributed by atoms with Gasteiger partial charge in [-0.2, -0.15) is 18.2 Å². The molecule has 0 bridgehead atoms. The van der Waals surface area contributed by atoms with Gasteiger partial charge in [-0.25, -0.2) is 17.6 Å². The Hall–Kier alpha value is -4.92. The number of alkyl halides is 3. The van der Waals surface area contributed by atoms with Gasteiger partial charge in [0.05, 0.1) is 37.2 Å². The summed E-state index contributed by atoms with van der Waals surface area (Å²) in [6.07, 6.45) is -3.36. The molecule has 3 N–H and O–H groups in total. The fraction of sp³-hybridized carbons (Fsp3) is 0.643. The SMILES string of the molecule is CC[C@@H]1O[C@H](C)CC/C=C\[C@@H]2C[C@@]2(C(=O)NS(=O)(=O)C2(C)CC2)NC(=O)[C@@H]2C[C@@H](Oc3nc4c(c5cc(OC)c(F)cc35)CCCO4)CN2C(=O)[C@H]1NC(=O)OC(C)(C)C(F)(F)F. The van der Waals surface area contributed by atoms with Crippen molar-refractivity contribution in [2.75, 3.05) is 20.3 Å². The van der Waals surface area contributed by atoms with E-state index in [1.165, 1.54) is 26.2 Å². The molecule has 2 aromatic rings. The minimum Gasteiger partial charge on any atom is -0.494 e. The maximum Gasteiger partial charge on any atom is 0.427 e. The van der Waals surface area contributed by atoms with Crippen molar-refractivity contribution in [1.29, 1.82) is 0 Å². The first-order valence-corrected chi connectivity index (χ1v) is 22.6. The molecular weight excluding hydrogens is 859 g/mol. The standard InChI is InChI=1S/C42H53F4N5O11S/c1-7-30-32(47-38(55)62-39(3,4)42(44,45)46)36(53)51-21-24(61-35-27-18-28(43)31(58-6)19-26(27)25-13-10-16-59-34(25)48-35)17-29(51)33(52)49-41(20-23(41)12-9-8-11-22(2)60-30)37(54)50-63(56,57)40(5)14-15-40/h9,12,18-19,22-24,29-30,32H,7-8,10-11,13-17,20-21H2,1-6H3,(H,47,55)(H,49,52)(H,50,54)/b12-9-/t22-,23-,24-,29+,30+,32+,41-/m1/s1. The molecule has 2 saturated carbocycles. The van der Waals surface area contributed by atoms with Crippen molar-refractivity contribution in [2.24, 2.45) is 5.92 Å². The Balaban J connectivity index is 1.27. The van der Waals surface area contributed by atoms with Gasteiger partial charge in [-0.3, -0.25) is 19.1 Å². The van der Waals surface area contributed by atoms with Crippen LogP contribution in [0.15, 0.2) is 24.3 Å². The van der Waals surface area contributed by atoms with Crippen LogP contribution < -0.4 is 29.6 Å². The maximum absolute atomic E-state index is 15.3. The molecule has 1 aromatic carbocycles. The molecule has 5 aliphatic rings. The van der Waals surface area contributed by atoms with E-state index in [0.29, 0.717) is 69.9 Å². The number of hydrogen-bond acceptors (Lipinski definition) is 12. The summed E-state index contributed by atoms with van der Waals surface area (Å²) in [5.74, 6) is -4.03. The summed E-state index contributed by atoms with van der Waals surface area (Å²) >= 11 is 0. The predicted molar refractivity (Wildman–Crippen MR) is 217 cm³/mol. The summed E-state index contributed by atoms with van der Waals surface area (Å²) in [5, 5.41) is 5.82. The Morgan fingerprint density at radius 2 is 1.87 bits per heavy atom. The molecule has 2 aliphatic carbocycles. The second kappa shape index (κ2) is 16.9. The number of hydrogen-bond donors (Lipinski definition) is 3. The first kappa shape index (κ1) is 46.1. The number of methoxy groups -OCH3 is 1. The summed E-state index contributed by atoms with van der Waals surface area (Å²) in [6.45, 7) is 6.14. The number of sulfonamides is 1. The lowest BCUT2D eigenvalue weighted by Gasteiger charge is -2.35. The maximum atomic E-state index is 15.3. The summed E-state index contributed by atoms with van der Waals surface area (Å²) in [6, 6.07) is -0.497. The monoisotopic (exact) mass is 911 g/mol. The fourth-order valence-corrected chi connectivity index (χ4v) is 9.56. The number of fused-ring (bicyclic) bond motifs is 5. The predicted octanol–water partition coefficient (Wildman–Crippen LogP) is 4.90. The quantitative estimate of drug-likeness (QED) is 0.228. The molecule has 0 spiro atoms. The number of halogens is 4. The number of alkyl carbamates (subject to hydrolysis) is 1. The Bertz CT molecular complexity index is 2310. The molecule has 3 fully saturated rings. The van der Waals surface area contributed by atoms with E-state index in [9.17, 15) is 40.8 Å². The molecular formula is C42H53F4N5O11S. The van der Waals surface area contributed by atoms with Crippen molar-refractivity contribution < 1.29 is 68.8 Å². The number of ether oxygens (including phenoxy) is 5. The Morgan fingerprint density at radius 3 is 2.54 bits per heavy atom. The summed E-state index contributed by atoms with van der Waals surface area (Å²) in [7, 11) is -2.82. The topological polar surface area (TPSA) is 201 Å². The number of allylic oxidation sites excluding steroid dienone is 1. The van der Waals surface area contributed by atoms with Crippen LogP contribution in [0, 0.1) is 11.7 Å². The van der Waals surface area contributed by atoms with Crippen molar-refractivity contribution in [2.45, 2.75) is 145 Å². The van der Waals surface area contributed by atoms with Gasteiger partial charge in [-0.05, 0) is 96.6 Å². The largest absolute Gasteiger partial charge is 0.494 e. The van der Waals surface area contributed by atoms with E-state index < -0.39 is 98.0 Å². The normalized spacial score (nSPS) is 29.0. The van der Waals surface area contributed by atoms with Gasteiger partial charge in [-0.15, -0.1) is 0 Å². The third kappa shape index (κ3) is 9.08. The number of carbonyl (C=O) groups is 4. The minimum absolute atomic E-state index is 0.0307. The van der Waals surface area contributed by atoms with Gasteiger partial charge in [-0.1, -0.05) is 19.1 Å². The third-order valence-corrected chi connectivity index (χ3v) is 14.9. The second-order valence-corrected chi connectivity index (χ2v) is 19.9. The highest BCUT2D eigenvalue weighted by Gasteiger charge is 2.63. The number of benzene rings is 1. The van der Waals surface area contributed by atoms with Crippen LogP contribution in [-0.2, 0) is 40.3 Å². The number of nitrogens with one attached hydrogen (secondary N) is 3. The molecule has 1 saturated heterocycles. The molecule has 63 heavy (non-hydrogen) atoms. The molecule has 3 aliphatic heterocycles. The lowest BCUT2D eigenvalue weighted by atomic mass is 10.0.